The van der Waals surface area contributed by atoms with Crippen LogP contribution in [0.2, 0.25) is 0 Å². The highest BCUT2D eigenvalue weighted by Crippen LogP contribution is 2.69. The van der Waals surface area contributed by atoms with E-state index in [1.54, 1.807) is 0 Å². The lowest BCUT2D eigenvalue weighted by molar-refractivity contribution is -0.139. The van der Waals surface area contributed by atoms with E-state index in [1.807, 2.05) is 0 Å². The molecule has 0 amide bonds. The van der Waals surface area contributed by atoms with Gasteiger partial charge in [0, 0.05) is 0 Å². The number of hydrogen-bond donors (Lipinski definition) is 1. The molecule has 1 N–H and O–H groups in total. The summed E-state index contributed by atoms with van der Waals surface area (Å²) >= 11 is 0. The summed E-state index contributed by atoms with van der Waals surface area (Å²) in [6.45, 7) is 0. The second kappa shape index (κ2) is 1.62. The summed E-state index contributed by atoms with van der Waals surface area (Å²) < 4.78 is 0. The van der Waals surface area contributed by atoms with Gasteiger partial charge < -0.3 is 5.11 Å². The quantitative estimate of drug-likeness (QED) is 0.616. The van der Waals surface area contributed by atoms with E-state index in [2.05, 4.69) is 0 Å². The van der Waals surface area contributed by atoms with Gasteiger partial charge in [0.1, 0.15) is 0 Å². The molecule has 0 radical (unpaired) electrons. The molecule has 3 aliphatic carbocycles. The first-order valence-electron chi connectivity index (χ1n) is 4.52. The minimum absolute atomic E-state index is 0.0706. The van der Waals surface area contributed by atoms with Gasteiger partial charge in [-0.05, 0) is 42.9 Å². The van der Waals surface area contributed by atoms with Crippen molar-refractivity contribution in [1.29, 1.82) is 0 Å². The zero-order chi connectivity index (χ0) is 7.59. The summed E-state index contributed by atoms with van der Waals surface area (Å²) in [5.74, 6) is 2.34. The molecule has 60 valence electrons. The SMILES string of the molecule is O=C(O)C1[C@H]2[C@@H]3CC[C@H](C3)[C@H]12. The Balaban J connectivity index is 1.86. The van der Waals surface area contributed by atoms with Crippen LogP contribution in [0.1, 0.15) is 19.3 Å². The summed E-state index contributed by atoms with van der Waals surface area (Å²) in [5, 5.41) is 8.82. The molecule has 11 heavy (non-hydrogen) atoms. The zero-order valence-corrected chi connectivity index (χ0v) is 6.36. The first-order chi connectivity index (χ1) is 5.29. The van der Waals surface area contributed by atoms with Crippen LogP contribution in [0.15, 0.2) is 0 Å². The van der Waals surface area contributed by atoms with Crippen LogP contribution in [0, 0.1) is 29.6 Å². The van der Waals surface area contributed by atoms with Crippen molar-refractivity contribution in [2.75, 3.05) is 0 Å². The Hall–Kier alpha value is -0.530. The molecule has 2 bridgehead atoms. The molecular formula is C9H12O2. The van der Waals surface area contributed by atoms with Gasteiger partial charge in [-0.2, -0.15) is 0 Å². The maximum atomic E-state index is 10.7. The first kappa shape index (κ1) is 6.04. The maximum Gasteiger partial charge on any atom is 0.307 e. The number of aliphatic carboxylic acids is 1. The molecule has 0 saturated heterocycles. The third-order valence-electron chi connectivity index (χ3n) is 4.02. The van der Waals surface area contributed by atoms with Gasteiger partial charge in [0.05, 0.1) is 5.92 Å². The van der Waals surface area contributed by atoms with Crippen LogP contribution in [0.3, 0.4) is 0 Å². The standard InChI is InChI=1S/C9H12O2/c10-9(11)8-6-4-1-2-5(3-4)7(6)8/h4-8H,1-3H2,(H,10,11)/t4-,5-,6+,7+/m1/s1. The van der Waals surface area contributed by atoms with Crippen molar-refractivity contribution < 1.29 is 9.90 Å². The second-order valence-electron chi connectivity index (χ2n) is 4.35. The summed E-state index contributed by atoms with van der Waals surface area (Å²) in [6, 6.07) is 0. The van der Waals surface area contributed by atoms with Crippen molar-refractivity contribution in [2.24, 2.45) is 29.6 Å². The number of rotatable bonds is 1. The number of carboxylic acid groups (broad SMARTS) is 1. The van der Waals surface area contributed by atoms with Crippen molar-refractivity contribution in [3.63, 3.8) is 0 Å². The van der Waals surface area contributed by atoms with Crippen LogP contribution in [0.5, 0.6) is 0 Å². The third-order valence-corrected chi connectivity index (χ3v) is 4.02. The summed E-state index contributed by atoms with van der Waals surface area (Å²) in [7, 11) is 0. The monoisotopic (exact) mass is 152 g/mol. The lowest BCUT2D eigenvalue weighted by Gasteiger charge is -2.04. The summed E-state index contributed by atoms with van der Waals surface area (Å²) in [4.78, 5) is 10.7. The van der Waals surface area contributed by atoms with E-state index in [4.69, 9.17) is 5.11 Å². The predicted molar refractivity (Wildman–Crippen MR) is 38.9 cm³/mol. The normalized spacial score (nSPS) is 57.6. The van der Waals surface area contributed by atoms with Gasteiger partial charge in [-0.25, -0.2) is 0 Å². The van der Waals surface area contributed by atoms with Crippen molar-refractivity contribution >= 4 is 5.97 Å². The average molecular weight is 152 g/mol. The minimum Gasteiger partial charge on any atom is -0.481 e. The van der Waals surface area contributed by atoms with Gasteiger partial charge in [-0.1, -0.05) is 0 Å². The largest absolute Gasteiger partial charge is 0.481 e. The van der Waals surface area contributed by atoms with Gasteiger partial charge in [-0.15, -0.1) is 0 Å². The fraction of sp³-hybridized carbons (Fsp3) is 0.889. The van der Waals surface area contributed by atoms with Crippen molar-refractivity contribution in [3.05, 3.63) is 0 Å². The third kappa shape index (κ3) is 0.569. The Morgan fingerprint density at radius 2 is 1.73 bits per heavy atom. The molecule has 2 heteroatoms. The molecule has 3 saturated carbocycles. The van der Waals surface area contributed by atoms with E-state index >= 15 is 0 Å². The van der Waals surface area contributed by atoms with E-state index in [0.717, 1.165) is 11.8 Å². The predicted octanol–water partition coefficient (Wildman–Crippen LogP) is 1.36. The minimum atomic E-state index is -0.531. The van der Waals surface area contributed by atoms with E-state index < -0.39 is 5.97 Å². The smallest absolute Gasteiger partial charge is 0.307 e. The molecule has 0 spiro atoms. The molecule has 0 aliphatic heterocycles. The lowest BCUT2D eigenvalue weighted by atomic mass is 10.0. The molecule has 0 aromatic rings. The number of fused-ring (bicyclic) bond motifs is 5. The van der Waals surface area contributed by atoms with Gasteiger partial charge in [0.2, 0.25) is 0 Å². The molecule has 2 nitrogen and oxygen atoms in total. The highest BCUT2D eigenvalue weighted by Gasteiger charge is 2.67. The Labute approximate surface area is 65.6 Å². The van der Waals surface area contributed by atoms with Crippen LogP contribution in [0.25, 0.3) is 0 Å². The average Bonchev–Trinajstić information content (AvgIpc) is 2.44. The molecule has 0 unspecified atom stereocenters. The fourth-order valence-electron chi connectivity index (χ4n) is 3.66. The van der Waals surface area contributed by atoms with Gasteiger partial charge in [0.25, 0.3) is 0 Å². The van der Waals surface area contributed by atoms with Crippen molar-refractivity contribution in [1.82, 2.24) is 0 Å². The Kier molecular flexibility index (Phi) is 0.890. The van der Waals surface area contributed by atoms with Crippen molar-refractivity contribution in [3.8, 4) is 0 Å². The molecule has 4 atom stereocenters. The zero-order valence-electron chi connectivity index (χ0n) is 6.36. The van der Waals surface area contributed by atoms with Gasteiger partial charge >= 0.3 is 5.97 Å². The fourth-order valence-corrected chi connectivity index (χ4v) is 3.66. The van der Waals surface area contributed by atoms with Gasteiger partial charge in [0.15, 0.2) is 0 Å². The van der Waals surface area contributed by atoms with E-state index in [0.29, 0.717) is 11.8 Å². The van der Waals surface area contributed by atoms with Crippen LogP contribution in [0.4, 0.5) is 0 Å². The van der Waals surface area contributed by atoms with Crippen LogP contribution < -0.4 is 0 Å². The summed E-state index contributed by atoms with van der Waals surface area (Å²) in [6.07, 6.45) is 3.98. The molecule has 0 aromatic carbocycles. The molecule has 0 aromatic heterocycles. The van der Waals surface area contributed by atoms with Crippen molar-refractivity contribution in [2.45, 2.75) is 19.3 Å². The lowest BCUT2D eigenvalue weighted by Crippen LogP contribution is -2.07. The van der Waals surface area contributed by atoms with Crippen LogP contribution in [-0.2, 0) is 4.79 Å². The van der Waals surface area contributed by atoms with Crippen LogP contribution >= 0.6 is 0 Å². The molecule has 3 fully saturated rings. The van der Waals surface area contributed by atoms with E-state index in [9.17, 15) is 4.79 Å². The van der Waals surface area contributed by atoms with Crippen LogP contribution in [-0.4, -0.2) is 11.1 Å². The topological polar surface area (TPSA) is 37.3 Å². The highest BCUT2D eigenvalue weighted by molar-refractivity contribution is 5.75. The summed E-state index contributed by atoms with van der Waals surface area (Å²) in [5.41, 5.74) is 0. The number of hydrogen-bond acceptors (Lipinski definition) is 1. The molecule has 0 heterocycles. The van der Waals surface area contributed by atoms with E-state index in [-0.39, 0.29) is 5.92 Å². The van der Waals surface area contributed by atoms with E-state index in [1.165, 1.54) is 19.3 Å². The molecule has 3 aliphatic rings. The highest BCUT2D eigenvalue weighted by atomic mass is 16.4. The second-order valence-corrected chi connectivity index (χ2v) is 4.35. The number of carboxylic acids is 1. The Morgan fingerprint density at radius 3 is 2.18 bits per heavy atom. The first-order valence-corrected chi connectivity index (χ1v) is 4.52. The van der Waals surface area contributed by atoms with Gasteiger partial charge in [-0.3, -0.25) is 4.79 Å². The molecule has 3 rings (SSSR count). The Morgan fingerprint density at radius 1 is 1.18 bits per heavy atom. The number of carbonyl (C=O) groups is 1. The Bertz CT molecular complexity index is 208. The molecular weight excluding hydrogens is 140 g/mol. The maximum absolute atomic E-state index is 10.7.